The van der Waals surface area contributed by atoms with Gasteiger partial charge in [0.2, 0.25) is 0 Å². The van der Waals surface area contributed by atoms with Gasteiger partial charge in [-0.05, 0) is 104 Å². The van der Waals surface area contributed by atoms with Crippen molar-refractivity contribution < 1.29 is 8.83 Å². The van der Waals surface area contributed by atoms with Crippen LogP contribution in [0.15, 0.2) is 209 Å². The molecule has 0 bridgehead atoms. The average molecular weight is 792 g/mol. The van der Waals surface area contributed by atoms with Gasteiger partial charge >= 0.3 is 0 Å². The molecule has 0 unspecified atom stereocenters. The Balaban J connectivity index is 1.01. The average Bonchev–Trinajstić information content (AvgIpc) is 3.90. The number of hydrogen-bond donors (Lipinski definition) is 0. The first-order valence-electron chi connectivity index (χ1n) is 20.8. The van der Waals surface area contributed by atoms with Gasteiger partial charge in [0, 0.05) is 43.8 Å². The van der Waals surface area contributed by atoms with E-state index in [4.69, 9.17) is 23.8 Å². The topological polar surface area (TPSA) is 65.0 Å². The van der Waals surface area contributed by atoms with E-state index in [2.05, 4.69) is 164 Å². The third-order valence-corrected chi connectivity index (χ3v) is 12.3. The summed E-state index contributed by atoms with van der Waals surface area (Å²) in [5, 5.41) is 11.0. The van der Waals surface area contributed by atoms with Crippen LogP contribution >= 0.6 is 0 Å². The smallest absolute Gasteiger partial charge is 0.164 e. The SMILES string of the molecule is c1ccc(-c2nc(-c3ccc4oc5cc6ccccc6cc5c4c3)nc(-c3cc4ccccc4c4ccc(-c5ccc6oc7c(-c8ccccc8)cccc7c6c5)cc34)n2)cc1. The van der Waals surface area contributed by atoms with Crippen molar-refractivity contribution in [3.05, 3.63) is 200 Å². The van der Waals surface area contributed by atoms with E-state index in [-0.39, 0.29) is 0 Å². The fourth-order valence-electron chi connectivity index (χ4n) is 9.23. The number of fused-ring (bicyclic) bond motifs is 10. The Bertz CT molecular complexity index is 3920. The van der Waals surface area contributed by atoms with Gasteiger partial charge < -0.3 is 8.83 Å². The molecule has 10 aromatic carbocycles. The number of para-hydroxylation sites is 1. The molecule has 62 heavy (non-hydrogen) atoms. The molecule has 0 atom stereocenters. The minimum Gasteiger partial charge on any atom is -0.456 e. The summed E-state index contributed by atoms with van der Waals surface area (Å²) < 4.78 is 12.9. The van der Waals surface area contributed by atoms with Gasteiger partial charge in [-0.2, -0.15) is 0 Å². The molecule has 5 nitrogen and oxygen atoms in total. The van der Waals surface area contributed by atoms with Crippen molar-refractivity contribution in [1.29, 1.82) is 0 Å². The van der Waals surface area contributed by atoms with Crippen molar-refractivity contribution in [3.8, 4) is 56.4 Å². The zero-order chi connectivity index (χ0) is 40.7. The summed E-state index contributed by atoms with van der Waals surface area (Å²) in [6.45, 7) is 0. The molecule has 3 aromatic heterocycles. The lowest BCUT2D eigenvalue weighted by Crippen LogP contribution is -2.01. The second-order valence-electron chi connectivity index (χ2n) is 15.9. The zero-order valence-electron chi connectivity index (χ0n) is 33.2. The summed E-state index contributed by atoms with van der Waals surface area (Å²) in [5.41, 5.74) is 10.6. The molecule has 0 aliphatic heterocycles. The van der Waals surface area contributed by atoms with E-state index in [1.165, 1.54) is 10.8 Å². The Morgan fingerprint density at radius 1 is 0.258 bits per heavy atom. The lowest BCUT2D eigenvalue weighted by atomic mass is 9.93. The van der Waals surface area contributed by atoms with Crippen molar-refractivity contribution in [2.75, 3.05) is 0 Å². The Morgan fingerprint density at radius 3 is 1.63 bits per heavy atom. The van der Waals surface area contributed by atoms with Crippen molar-refractivity contribution >= 4 is 76.2 Å². The minimum absolute atomic E-state index is 0.593. The number of aromatic nitrogens is 3. The maximum absolute atomic E-state index is 6.55. The first-order valence-corrected chi connectivity index (χ1v) is 20.8. The molecule has 0 N–H and O–H groups in total. The number of furan rings is 2. The van der Waals surface area contributed by atoms with E-state index in [1.54, 1.807) is 0 Å². The molecule has 5 heteroatoms. The van der Waals surface area contributed by atoms with Gasteiger partial charge in [0.25, 0.3) is 0 Å². The maximum Gasteiger partial charge on any atom is 0.164 e. The van der Waals surface area contributed by atoms with Crippen LogP contribution in [0.3, 0.4) is 0 Å². The standard InChI is InChI=1S/C57H33N3O2/c1-3-12-34(13-4-1)43-20-11-21-45-47-30-39(23-26-52(47)62-54(43)45)38-22-25-44-42-19-10-9-18-40(42)31-50(46(44)28-38)57-59-55(35-14-5-2-6-15-35)58-56(60-57)41-24-27-51-48(32-41)49-29-36-16-7-8-17-37(36)33-53(49)61-51/h1-33H. The molecule has 0 saturated carbocycles. The van der Waals surface area contributed by atoms with Crippen LogP contribution in [0.1, 0.15) is 0 Å². The Labute approximate surface area is 355 Å². The van der Waals surface area contributed by atoms with Crippen LogP contribution in [0, 0.1) is 0 Å². The van der Waals surface area contributed by atoms with Gasteiger partial charge in [0.15, 0.2) is 17.5 Å². The van der Waals surface area contributed by atoms with Gasteiger partial charge in [0.1, 0.15) is 22.3 Å². The predicted octanol–water partition coefficient (Wildman–Crippen LogP) is 15.5. The van der Waals surface area contributed by atoms with E-state index in [0.717, 1.165) is 104 Å². The molecular formula is C57H33N3O2. The van der Waals surface area contributed by atoms with Gasteiger partial charge in [0.05, 0.1) is 0 Å². The van der Waals surface area contributed by atoms with Crippen LogP contribution < -0.4 is 0 Å². The van der Waals surface area contributed by atoms with E-state index >= 15 is 0 Å². The Hall–Kier alpha value is -8.41. The molecule has 0 aliphatic carbocycles. The van der Waals surface area contributed by atoms with E-state index in [1.807, 2.05) is 36.4 Å². The summed E-state index contributed by atoms with van der Waals surface area (Å²) in [7, 11) is 0. The number of benzene rings is 10. The van der Waals surface area contributed by atoms with E-state index in [9.17, 15) is 0 Å². The molecule has 0 radical (unpaired) electrons. The fourth-order valence-corrected chi connectivity index (χ4v) is 9.23. The maximum atomic E-state index is 6.55. The van der Waals surface area contributed by atoms with E-state index < -0.39 is 0 Å². The quantitative estimate of drug-likeness (QED) is 0.162. The lowest BCUT2D eigenvalue weighted by Gasteiger charge is -2.14. The molecule has 0 aliphatic rings. The first-order chi connectivity index (χ1) is 30.7. The lowest BCUT2D eigenvalue weighted by molar-refractivity contribution is 0.669. The summed E-state index contributed by atoms with van der Waals surface area (Å²) in [5.74, 6) is 1.81. The predicted molar refractivity (Wildman–Crippen MR) is 254 cm³/mol. The Morgan fingerprint density at radius 2 is 0.823 bits per heavy atom. The number of nitrogens with zero attached hydrogens (tertiary/aromatic N) is 3. The van der Waals surface area contributed by atoms with Crippen molar-refractivity contribution in [1.82, 2.24) is 15.0 Å². The zero-order valence-corrected chi connectivity index (χ0v) is 33.2. The van der Waals surface area contributed by atoms with Crippen molar-refractivity contribution in [2.45, 2.75) is 0 Å². The second-order valence-corrected chi connectivity index (χ2v) is 15.9. The van der Waals surface area contributed by atoms with Crippen LogP contribution in [0.2, 0.25) is 0 Å². The minimum atomic E-state index is 0.593. The van der Waals surface area contributed by atoms with Crippen molar-refractivity contribution in [2.24, 2.45) is 0 Å². The second kappa shape index (κ2) is 13.6. The number of hydrogen-bond acceptors (Lipinski definition) is 5. The van der Waals surface area contributed by atoms with Gasteiger partial charge in [-0.25, -0.2) is 15.0 Å². The first kappa shape index (κ1) is 34.5. The molecule has 0 fully saturated rings. The summed E-state index contributed by atoms with van der Waals surface area (Å²) >= 11 is 0. The summed E-state index contributed by atoms with van der Waals surface area (Å²) in [4.78, 5) is 15.7. The molecule has 288 valence electrons. The molecule has 0 spiro atoms. The third-order valence-electron chi connectivity index (χ3n) is 12.3. The van der Waals surface area contributed by atoms with Crippen LogP contribution in [-0.2, 0) is 0 Å². The van der Waals surface area contributed by atoms with Gasteiger partial charge in [-0.1, -0.05) is 146 Å². The van der Waals surface area contributed by atoms with Gasteiger partial charge in [-0.15, -0.1) is 0 Å². The van der Waals surface area contributed by atoms with Crippen LogP contribution in [0.4, 0.5) is 0 Å². The fraction of sp³-hybridized carbons (Fsp3) is 0. The van der Waals surface area contributed by atoms with Crippen LogP contribution in [0.25, 0.3) is 133 Å². The molecule has 13 rings (SSSR count). The highest BCUT2D eigenvalue weighted by Crippen LogP contribution is 2.41. The number of rotatable bonds is 5. The largest absolute Gasteiger partial charge is 0.456 e. The molecule has 0 amide bonds. The summed E-state index contributed by atoms with van der Waals surface area (Å²) in [6, 6.07) is 69.9. The van der Waals surface area contributed by atoms with Gasteiger partial charge in [-0.3, -0.25) is 0 Å². The van der Waals surface area contributed by atoms with Crippen LogP contribution in [-0.4, -0.2) is 15.0 Å². The highest BCUT2D eigenvalue weighted by molar-refractivity contribution is 6.15. The van der Waals surface area contributed by atoms with Crippen molar-refractivity contribution in [3.63, 3.8) is 0 Å². The molecular weight excluding hydrogens is 759 g/mol. The molecule has 13 aromatic rings. The highest BCUT2D eigenvalue weighted by Gasteiger charge is 2.19. The van der Waals surface area contributed by atoms with Crippen LogP contribution in [0.5, 0.6) is 0 Å². The molecule has 0 saturated heterocycles. The monoisotopic (exact) mass is 791 g/mol. The van der Waals surface area contributed by atoms with E-state index in [0.29, 0.717) is 17.5 Å². The third kappa shape index (κ3) is 5.52. The summed E-state index contributed by atoms with van der Waals surface area (Å²) in [6.07, 6.45) is 0. The normalized spacial score (nSPS) is 11.9. The highest BCUT2D eigenvalue weighted by atomic mass is 16.3. The Kier molecular flexibility index (Phi) is 7.54. The molecule has 3 heterocycles.